The van der Waals surface area contributed by atoms with Crippen LogP contribution in [0.5, 0.6) is 0 Å². The van der Waals surface area contributed by atoms with Crippen LogP contribution in [-0.2, 0) is 23.0 Å². The summed E-state index contributed by atoms with van der Waals surface area (Å²) < 4.78 is 7.07. The van der Waals surface area contributed by atoms with Crippen LogP contribution in [0, 0.1) is 5.41 Å². The highest BCUT2D eigenvalue weighted by Gasteiger charge is 2.38. The van der Waals surface area contributed by atoms with Crippen molar-refractivity contribution in [3.63, 3.8) is 0 Å². The molecule has 6 nitrogen and oxygen atoms in total. The zero-order chi connectivity index (χ0) is 13.7. The summed E-state index contributed by atoms with van der Waals surface area (Å²) in [7, 11) is 1.88. The number of aryl methyl sites for hydroxylation is 1. The van der Waals surface area contributed by atoms with Gasteiger partial charge in [0.1, 0.15) is 0 Å². The van der Waals surface area contributed by atoms with Gasteiger partial charge in [0, 0.05) is 39.5 Å². The van der Waals surface area contributed by atoms with Crippen molar-refractivity contribution in [1.29, 1.82) is 0 Å². The number of nitrogens with zero attached hydrogens (tertiary/aromatic N) is 2. The van der Waals surface area contributed by atoms with Crippen molar-refractivity contribution in [2.24, 2.45) is 18.2 Å². The number of rotatable bonds is 5. The highest BCUT2D eigenvalue weighted by atomic mass is 16.5. The fourth-order valence-corrected chi connectivity index (χ4v) is 2.39. The van der Waals surface area contributed by atoms with Crippen LogP contribution in [-0.4, -0.2) is 42.0 Å². The van der Waals surface area contributed by atoms with Gasteiger partial charge in [-0.1, -0.05) is 0 Å². The first-order valence-electron chi connectivity index (χ1n) is 6.70. The Hall–Kier alpha value is -1.40. The Balaban J connectivity index is 1.82. The molecule has 1 aliphatic heterocycles. The number of ether oxygens (including phenoxy) is 1. The predicted octanol–water partition coefficient (Wildman–Crippen LogP) is -0.166. The molecule has 0 aliphatic carbocycles. The monoisotopic (exact) mass is 266 g/mol. The fourth-order valence-electron chi connectivity index (χ4n) is 2.39. The maximum absolute atomic E-state index is 12.3. The maximum atomic E-state index is 12.3. The Bertz CT molecular complexity index is 424. The van der Waals surface area contributed by atoms with E-state index in [-0.39, 0.29) is 5.91 Å². The summed E-state index contributed by atoms with van der Waals surface area (Å²) >= 11 is 0. The van der Waals surface area contributed by atoms with Gasteiger partial charge in [0.2, 0.25) is 5.91 Å². The van der Waals surface area contributed by atoms with E-state index in [0.29, 0.717) is 39.1 Å². The normalized spacial score (nSPS) is 18.2. The number of nitrogens with one attached hydrogen (secondary N) is 1. The third-order valence-electron chi connectivity index (χ3n) is 3.78. The zero-order valence-corrected chi connectivity index (χ0v) is 11.4. The molecule has 0 saturated carbocycles. The molecule has 0 unspecified atom stereocenters. The standard InChI is InChI=1S/C13H22N4O2/c1-17-9-11(8-16-17)2-5-15-12(18)13(10-14)3-6-19-7-4-13/h8-9H,2-7,10,14H2,1H3,(H,15,18). The molecule has 1 fully saturated rings. The average molecular weight is 266 g/mol. The van der Waals surface area contributed by atoms with Gasteiger partial charge in [0.15, 0.2) is 0 Å². The molecule has 0 aromatic carbocycles. The summed E-state index contributed by atoms with van der Waals surface area (Å²) in [5.41, 5.74) is 6.48. The van der Waals surface area contributed by atoms with E-state index in [4.69, 9.17) is 10.5 Å². The van der Waals surface area contributed by atoms with Gasteiger partial charge < -0.3 is 15.8 Å². The van der Waals surface area contributed by atoms with Crippen molar-refractivity contribution in [1.82, 2.24) is 15.1 Å². The van der Waals surface area contributed by atoms with Crippen LogP contribution < -0.4 is 11.1 Å². The summed E-state index contributed by atoms with van der Waals surface area (Å²) in [4.78, 5) is 12.3. The lowest BCUT2D eigenvalue weighted by Crippen LogP contribution is -2.49. The van der Waals surface area contributed by atoms with Crippen LogP contribution >= 0.6 is 0 Å². The number of nitrogens with two attached hydrogens (primary N) is 1. The first kappa shape index (κ1) is 14.0. The van der Waals surface area contributed by atoms with Crippen molar-refractivity contribution in [2.45, 2.75) is 19.3 Å². The smallest absolute Gasteiger partial charge is 0.227 e. The minimum absolute atomic E-state index is 0.0576. The molecule has 0 bridgehead atoms. The summed E-state index contributed by atoms with van der Waals surface area (Å²) in [6, 6.07) is 0. The van der Waals surface area contributed by atoms with Gasteiger partial charge in [-0.05, 0) is 24.8 Å². The largest absolute Gasteiger partial charge is 0.381 e. The molecule has 1 saturated heterocycles. The van der Waals surface area contributed by atoms with E-state index in [1.807, 2.05) is 19.4 Å². The Morgan fingerprint density at radius 3 is 2.89 bits per heavy atom. The lowest BCUT2D eigenvalue weighted by molar-refractivity contribution is -0.135. The number of amides is 1. The van der Waals surface area contributed by atoms with Gasteiger partial charge in [-0.3, -0.25) is 9.48 Å². The van der Waals surface area contributed by atoms with Crippen LogP contribution in [0.15, 0.2) is 12.4 Å². The maximum Gasteiger partial charge on any atom is 0.227 e. The second-order valence-corrected chi connectivity index (χ2v) is 5.12. The van der Waals surface area contributed by atoms with Gasteiger partial charge >= 0.3 is 0 Å². The highest BCUT2D eigenvalue weighted by Crippen LogP contribution is 2.29. The number of aromatic nitrogens is 2. The van der Waals surface area contributed by atoms with E-state index in [2.05, 4.69) is 10.4 Å². The Morgan fingerprint density at radius 1 is 1.58 bits per heavy atom. The molecule has 3 N–H and O–H groups in total. The van der Waals surface area contributed by atoms with Crippen molar-refractivity contribution < 1.29 is 9.53 Å². The predicted molar refractivity (Wildman–Crippen MR) is 71.5 cm³/mol. The van der Waals surface area contributed by atoms with Crippen LogP contribution in [0.1, 0.15) is 18.4 Å². The molecular formula is C13H22N4O2. The van der Waals surface area contributed by atoms with Gasteiger partial charge in [-0.2, -0.15) is 5.10 Å². The molecule has 6 heteroatoms. The molecule has 2 rings (SSSR count). The van der Waals surface area contributed by atoms with E-state index in [0.717, 1.165) is 12.0 Å². The van der Waals surface area contributed by atoms with E-state index in [1.165, 1.54) is 0 Å². The van der Waals surface area contributed by atoms with Gasteiger partial charge in [0.05, 0.1) is 11.6 Å². The van der Waals surface area contributed by atoms with Gasteiger partial charge in [0.25, 0.3) is 0 Å². The lowest BCUT2D eigenvalue weighted by Gasteiger charge is -2.34. The summed E-state index contributed by atoms with van der Waals surface area (Å²) in [6.07, 6.45) is 5.99. The molecule has 1 amide bonds. The molecule has 106 valence electrons. The van der Waals surface area contributed by atoms with E-state index < -0.39 is 5.41 Å². The highest BCUT2D eigenvalue weighted by molar-refractivity contribution is 5.83. The number of carbonyl (C=O) groups is 1. The van der Waals surface area contributed by atoms with E-state index in [1.54, 1.807) is 4.68 Å². The van der Waals surface area contributed by atoms with Crippen molar-refractivity contribution in [2.75, 3.05) is 26.3 Å². The summed E-state index contributed by atoms with van der Waals surface area (Å²) in [6.45, 7) is 2.24. The van der Waals surface area contributed by atoms with Gasteiger partial charge in [-0.25, -0.2) is 0 Å². The van der Waals surface area contributed by atoms with Crippen LogP contribution in [0.3, 0.4) is 0 Å². The summed E-state index contributed by atoms with van der Waals surface area (Å²) in [5.74, 6) is 0.0576. The molecule has 1 aromatic heterocycles. The third kappa shape index (κ3) is 3.33. The quantitative estimate of drug-likeness (QED) is 0.775. The van der Waals surface area contributed by atoms with Gasteiger partial charge in [-0.15, -0.1) is 0 Å². The zero-order valence-electron chi connectivity index (χ0n) is 11.4. The minimum Gasteiger partial charge on any atom is -0.381 e. The third-order valence-corrected chi connectivity index (χ3v) is 3.78. The average Bonchev–Trinajstić information content (AvgIpc) is 2.85. The molecule has 2 heterocycles. The van der Waals surface area contributed by atoms with E-state index >= 15 is 0 Å². The lowest BCUT2D eigenvalue weighted by atomic mass is 9.79. The van der Waals surface area contributed by atoms with Crippen molar-refractivity contribution in [3.8, 4) is 0 Å². The van der Waals surface area contributed by atoms with Crippen LogP contribution in [0.4, 0.5) is 0 Å². The first-order chi connectivity index (χ1) is 9.16. The SMILES string of the molecule is Cn1cc(CCNC(=O)C2(CN)CCOCC2)cn1. The molecule has 19 heavy (non-hydrogen) atoms. The Kier molecular flexibility index (Phi) is 4.55. The molecule has 0 atom stereocenters. The Morgan fingerprint density at radius 2 is 2.32 bits per heavy atom. The van der Waals surface area contributed by atoms with E-state index in [9.17, 15) is 4.79 Å². The molecule has 1 aromatic rings. The fraction of sp³-hybridized carbons (Fsp3) is 0.692. The molecule has 0 radical (unpaired) electrons. The summed E-state index contributed by atoms with van der Waals surface area (Å²) in [5, 5.41) is 7.09. The molecule has 0 spiro atoms. The molecular weight excluding hydrogens is 244 g/mol. The Labute approximate surface area is 113 Å². The van der Waals surface area contributed by atoms with Crippen LogP contribution in [0.2, 0.25) is 0 Å². The number of carbonyl (C=O) groups excluding carboxylic acids is 1. The number of hydrogen-bond acceptors (Lipinski definition) is 4. The minimum atomic E-state index is -0.437. The second-order valence-electron chi connectivity index (χ2n) is 5.12. The molecule has 1 aliphatic rings. The topological polar surface area (TPSA) is 82.2 Å². The first-order valence-corrected chi connectivity index (χ1v) is 6.70. The van der Waals surface area contributed by atoms with Crippen molar-refractivity contribution >= 4 is 5.91 Å². The second kappa shape index (κ2) is 6.16. The van der Waals surface area contributed by atoms with Crippen molar-refractivity contribution in [3.05, 3.63) is 18.0 Å². The number of hydrogen-bond donors (Lipinski definition) is 2. The van der Waals surface area contributed by atoms with Crippen LogP contribution in [0.25, 0.3) is 0 Å².